The number of benzene rings is 1. The number of halogens is 1. The van der Waals surface area contributed by atoms with Crippen LogP contribution in [-0.2, 0) is 14.4 Å². The van der Waals surface area contributed by atoms with Gasteiger partial charge >= 0.3 is 0 Å². The van der Waals surface area contributed by atoms with E-state index in [4.69, 9.17) is 0 Å². The Morgan fingerprint density at radius 3 is 2.65 bits per heavy atom. The Hall–Kier alpha value is -2.44. The summed E-state index contributed by atoms with van der Waals surface area (Å²) in [4.78, 5) is 35.2. The Balaban J connectivity index is 2.16. The van der Waals surface area contributed by atoms with Crippen molar-refractivity contribution in [2.45, 2.75) is 19.4 Å². The van der Waals surface area contributed by atoms with E-state index in [-0.39, 0.29) is 23.9 Å². The zero-order chi connectivity index (χ0) is 14.9. The van der Waals surface area contributed by atoms with Crippen molar-refractivity contribution in [3.63, 3.8) is 0 Å². The lowest BCUT2D eigenvalue weighted by Crippen LogP contribution is -2.31. The van der Waals surface area contributed by atoms with Crippen molar-refractivity contribution in [2.75, 3.05) is 17.7 Å². The molecule has 1 heterocycles. The Kier molecular flexibility index (Phi) is 3.69. The van der Waals surface area contributed by atoms with Gasteiger partial charge in [0.2, 0.25) is 11.8 Å². The summed E-state index contributed by atoms with van der Waals surface area (Å²) >= 11 is 0. The number of hydrogen-bond acceptors (Lipinski definition) is 4. The molecule has 0 aromatic heterocycles. The van der Waals surface area contributed by atoms with Gasteiger partial charge in [-0.1, -0.05) is 0 Å². The molecule has 1 aliphatic heterocycles. The second kappa shape index (κ2) is 5.28. The molecule has 0 bridgehead atoms. The maximum Gasteiger partial charge on any atom is 0.251 e. The van der Waals surface area contributed by atoms with E-state index in [1.165, 1.54) is 32.2 Å². The number of anilines is 2. The number of amides is 3. The lowest BCUT2D eigenvalue weighted by atomic mass is 10.2. The lowest BCUT2D eigenvalue weighted by molar-refractivity contribution is -0.136. The van der Waals surface area contributed by atoms with Gasteiger partial charge in [-0.25, -0.2) is 4.39 Å². The number of rotatable bonds is 3. The highest BCUT2D eigenvalue weighted by Gasteiger charge is 2.35. The van der Waals surface area contributed by atoms with Crippen molar-refractivity contribution >= 4 is 29.1 Å². The molecule has 20 heavy (non-hydrogen) atoms. The number of likely N-dealkylation sites (N-methyl/N-ethyl adjacent to an activating group) is 1. The Morgan fingerprint density at radius 1 is 1.40 bits per heavy atom. The monoisotopic (exact) mass is 279 g/mol. The van der Waals surface area contributed by atoms with Gasteiger partial charge in [-0.05, 0) is 18.2 Å². The molecule has 2 rings (SSSR count). The van der Waals surface area contributed by atoms with Gasteiger partial charge in [-0.15, -0.1) is 0 Å². The molecule has 106 valence electrons. The van der Waals surface area contributed by atoms with Crippen LogP contribution >= 0.6 is 0 Å². The quantitative estimate of drug-likeness (QED) is 0.808. The summed E-state index contributed by atoms with van der Waals surface area (Å²) in [6.45, 7) is 1.27. The van der Waals surface area contributed by atoms with Crippen LogP contribution in [0.5, 0.6) is 0 Å². The average molecular weight is 279 g/mol. The molecule has 0 spiro atoms. The highest BCUT2D eigenvalue weighted by Crippen LogP contribution is 2.22. The fourth-order valence-corrected chi connectivity index (χ4v) is 1.97. The normalized spacial score (nSPS) is 18.4. The number of nitrogens with one attached hydrogen (secondary N) is 2. The molecular formula is C13H14FN3O3. The van der Waals surface area contributed by atoms with Crippen LogP contribution in [0.15, 0.2) is 18.2 Å². The largest absolute Gasteiger partial charge is 0.373 e. The van der Waals surface area contributed by atoms with Crippen LogP contribution in [0.25, 0.3) is 0 Å². The molecule has 1 aromatic carbocycles. The average Bonchev–Trinajstić information content (AvgIpc) is 2.61. The third-order valence-electron chi connectivity index (χ3n) is 3.00. The van der Waals surface area contributed by atoms with Crippen LogP contribution in [-0.4, -0.2) is 35.7 Å². The van der Waals surface area contributed by atoms with E-state index < -0.39 is 17.8 Å². The molecular weight excluding hydrogens is 265 g/mol. The minimum atomic E-state index is -0.664. The van der Waals surface area contributed by atoms with E-state index in [0.717, 1.165) is 4.90 Å². The van der Waals surface area contributed by atoms with Crippen LogP contribution in [0.3, 0.4) is 0 Å². The molecule has 1 saturated heterocycles. The van der Waals surface area contributed by atoms with E-state index in [1.807, 2.05) is 0 Å². The first-order valence-corrected chi connectivity index (χ1v) is 6.02. The maximum atomic E-state index is 13.5. The van der Waals surface area contributed by atoms with E-state index in [2.05, 4.69) is 10.6 Å². The van der Waals surface area contributed by atoms with Gasteiger partial charge in [-0.2, -0.15) is 0 Å². The minimum absolute atomic E-state index is 0.0210. The summed E-state index contributed by atoms with van der Waals surface area (Å²) in [7, 11) is 1.42. The maximum absolute atomic E-state index is 13.5. The number of carbonyl (C=O) groups is 3. The van der Waals surface area contributed by atoms with Gasteiger partial charge in [0.1, 0.15) is 11.9 Å². The van der Waals surface area contributed by atoms with E-state index in [1.54, 1.807) is 0 Å². The molecule has 6 nitrogen and oxygen atoms in total. The van der Waals surface area contributed by atoms with Gasteiger partial charge in [-0.3, -0.25) is 19.3 Å². The first-order valence-electron chi connectivity index (χ1n) is 6.02. The molecule has 1 aromatic rings. The van der Waals surface area contributed by atoms with Gasteiger partial charge in [0.15, 0.2) is 0 Å². The smallest absolute Gasteiger partial charge is 0.251 e. The summed E-state index contributed by atoms with van der Waals surface area (Å²) < 4.78 is 13.5. The van der Waals surface area contributed by atoms with E-state index in [0.29, 0.717) is 5.69 Å². The van der Waals surface area contributed by atoms with Gasteiger partial charge in [0, 0.05) is 19.7 Å². The van der Waals surface area contributed by atoms with E-state index in [9.17, 15) is 18.8 Å². The van der Waals surface area contributed by atoms with Gasteiger partial charge in [0.05, 0.1) is 12.1 Å². The molecule has 0 aliphatic carbocycles. The zero-order valence-corrected chi connectivity index (χ0v) is 11.1. The highest BCUT2D eigenvalue weighted by atomic mass is 19.1. The van der Waals surface area contributed by atoms with Crippen molar-refractivity contribution in [3.8, 4) is 0 Å². The second-order valence-corrected chi connectivity index (χ2v) is 4.57. The fraction of sp³-hybridized carbons (Fsp3) is 0.308. The molecule has 1 atom stereocenters. The van der Waals surface area contributed by atoms with Crippen LogP contribution in [0, 0.1) is 5.82 Å². The van der Waals surface area contributed by atoms with Crippen LogP contribution < -0.4 is 10.6 Å². The second-order valence-electron chi connectivity index (χ2n) is 4.57. The molecule has 1 unspecified atom stereocenters. The van der Waals surface area contributed by atoms with Crippen LogP contribution in [0.1, 0.15) is 13.3 Å². The van der Waals surface area contributed by atoms with Crippen molar-refractivity contribution in [2.24, 2.45) is 0 Å². The lowest BCUT2D eigenvalue weighted by Gasteiger charge is -2.14. The standard InChI is InChI=1S/C13H14FN3O3/c1-7(18)15-10-5-8(3-4-9(10)14)16-11-6-12(19)17(2)13(11)20/h3-5,11,16H,6H2,1-2H3,(H,15,18). The molecule has 0 saturated carbocycles. The van der Waals surface area contributed by atoms with Gasteiger partial charge < -0.3 is 10.6 Å². The third-order valence-corrected chi connectivity index (χ3v) is 3.00. The van der Waals surface area contributed by atoms with Crippen LogP contribution in [0.4, 0.5) is 15.8 Å². The SMILES string of the molecule is CC(=O)Nc1cc(NC2CC(=O)N(C)C2=O)ccc1F. The van der Waals surface area contributed by atoms with Gasteiger partial charge in [0.25, 0.3) is 5.91 Å². The number of hydrogen-bond donors (Lipinski definition) is 2. The summed E-state index contributed by atoms with van der Waals surface area (Å²) in [5.41, 5.74) is 0.476. The number of carbonyl (C=O) groups excluding carboxylic acids is 3. The molecule has 0 radical (unpaired) electrons. The first-order chi connectivity index (χ1) is 9.38. The van der Waals surface area contributed by atoms with Crippen LogP contribution in [0.2, 0.25) is 0 Å². The number of imide groups is 1. The molecule has 1 fully saturated rings. The Morgan fingerprint density at radius 2 is 2.10 bits per heavy atom. The molecule has 1 aliphatic rings. The predicted molar refractivity (Wildman–Crippen MR) is 70.5 cm³/mol. The van der Waals surface area contributed by atoms with Crippen molar-refractivity contribution in [1.82, 2.24) is 4.90 Å². The van der Waals surface area contributed by atoms with Crippen molar-refractivity contribution < 1.29 is 18.8 Å². The Bertz CT molecular complexity index is 588. The molecule has 2 N–H and O–H groups in total. The zero-order valence-electron chi connectivity index (χ0n) is 11.1. The minimum Gasteiger partial charge on any atom is -0.373 e. The topological polar surface area (TPSA) is 78.5 Å². The first kappa shape index (κ1) is 14.0. The number of nitrogens with zero attached hydrogens (tertiary/aromatic N) is 1. The highest BCUT2D eigenvalue weighted by molar-refractivity contribution is 6.06. The number of likely N-dealkylation sites (tertiary alicyclic amines) is 1. The van der Waals surface area contributed by atoms with E-state index >= 15 is 0 Å². The summed E-state index contributed by atoms with van der Waals surface area (Å²) in [6, 6.07) is 3.34. The third kappa shape index (κ3) is 2.76. The van der Waals surface area contributed by atoms with Crippen molar-refractivity contribution in [3.05, 3.63) is 24.0 Å². The summed E-state index contributed by atoms with van der Waals surface area (Å²) in [6.07, 6.45) is 0.0577. The summed E-state index contributed by atoms with van der Waals surface area (Å²) in [5, 5.41) is 5.21. The molecule has 3 amide bonds. The summed E-state index contributed by atoms with van der Waals surface area (Å²) in [5.74, 6) is -1.57. The fourth-order valence-electron chi connectivity index (χ4n) is 1.97. The Labute approximate surface area is 114 Å². The van der Waals surface area contributed by atoms with Crippen molar-refractivity contribution in [1.29, 1.82) is 0 Å². The predicted octanol–water partition coefficient (Wildman–Crippen LogP) is 0.953. The molecule has 7 heteroatoms.